The number of rotatable bonds is 6. The molecule has 0 unspecified atom stereocenters. The zero-order valence-corrected chi connectivity index (χ0v) is 17.0. The second-order valence-electron chi connectivity index (χ2n) is 5.69. The highest BCUT2D eigenvalue weighted by molar-refractivity contribution is 7.98. The van der Waals surface area contributed by atoms with E-state index in [1.807, 2.05) is 46.1 Å². The molecule has 2 rings (SSSR count). The van der Waals surface area contributed by atoms with Crippen molar-refractivity contribution in [1.82, 2.24) is 0 Å². The number of benzene rings is 2. The van der Waals surface area contributed by atoms with Crippen molar-refractivity contribution < 1.29 is 9.18 Å². The van der Waals surface area contributed by atoms with Gasteiger partial charge in [-0.25, -0.2) is 4.39 Å². The van der Waals surface area contributed by atoms with Crippen LogP contribution in [0.2, 0.25) is 0 Å². The minimum Gasteiger partial charge on any atom is -0.303 e. The van der Waals surface area contributed by atoms with Gasteiger partial charge >= 0.3 is 0 Å². The summed E-state index contributed by atoms with van der Waals surface area (Å²) in [5.74, 6) is -0.295. The first-order valence-corrected chi connectivity index (χ1v) is 9.99. The van der Waals surface area contributed by atoms with E-state index in [1.54, 1.807) is 17.8 Å². The van der Waals surface area contributed by atoms with Crippen LogP contribution in [0.25, 0.3) is 17.7 Å². The van der Waals surface area contributed by atoms with Gasteiger partial charge in [-0.05, 0) is 66.6 Å². The first-order valence-electron chi connectivity index (χ1n) is 8.77. The van der Waals surface area contributed by atoms with E-state index in [4.69, 9.17) is 0 Å². The fraction of sp³-hybridized carbons (Fsp3) is 0.261. The SMILES string of the molecule is CC.CSc1ccc(/C=C\c2ccc(F)cc2C(CC=O)=C(C)C)cc1. The molecule has 2 aromatic rings. The first-order chi connectivity index (χ1) is 12.5. The standard InChI is InChI=1S/C21H21FOS.C2H6/c1-15(2)20(12-13-23)21-14-18(22)9-8-17(21)7-4-16-5-10-19(24-3)11-6-16;1-2/h4-11,13-14H,12H2,1-3H3;1-2H3/b7-4-;. The summed E-state index contributed by atoms with van der Waals surface area (Å²) in [5.41, 5.74) is 4.66. The van der Waals surface area contributed by atoms with Gasteiger partial charge in [0, 0.05) is 11.3 Å². The summed E-state index contributed by atoms with van der Waals surface area (Å²) >= 11 is 1.70. The highest BCUT2D eigenvalue weighted by Crippen LogP contribution is 2.27. The third-order valence-electron chi connectivity index (χ3n) is 3.80. The largest absolute Gasteiger partial charge is 0.303 e. The molecule has 0 aromatic heterocycles. The number of thioether (sulfide) groups is 1. The van der Waals surface area contributed by atoms with Gasteiger partial charge in [-0.3, -0.25) is 0 Å². The van der Waals surface area contributed by atoms with Gasteiger partial charge in [-0.15, -0.1) is 11.8 Å². The molecular formula is C23H27FOS. The molecule has 138 valence electrons. The number of aldehydes is 1. The molecule has 3 heteroatoms. The molecule has 0 radical (unpaired) electrons. The average molecular weight is 371 g/mol. The van der Waals surface area contributed by atoms with E-state index in [1.165, 1.54) is 17.0 Å². The van der Waals surface area contributed by atoms with Crippen LogP contribution in [0.4, 0.5) is 4.39 Å². The van der Waals surface area contributed by atoms with Crippen molar-refractivity contribution in [2.75, 3.05) is 6.26 Å². The lowest BCUT2D eigenvalue weighted by Crippen LogP contribution is -1.94. The van der Waals surface area contributed by atoms with Gasteiger partial charge in [0.1, 0.15) is 12.1 Å². The topological polar surface area (TPSA) is 17.1 Å². The Morgan fingerprint density at radius 1 is 1.04 bits per heavy atom. The van der Waals surface area contributed by atoms with E-state index in [-0.39, 0.29) is 12.2 Å². The van der Waals surface area contributed by atoms with Crippen LogP contribution >= 0.6 is 11.8 Å². The predicted octanol–water partition coefficient (Wildman–Crippen LogP) is 7.13. The number of carbonyl (C=O) groups is 1. The molecule has 0 saturated heterocycles. The summed E-state index contributed by atoms with van der Waals surface area (Å²) in [7, 11) is 0. The summed E-state index contributed by atoms with van der Waals surface area (Å²) < 4.78 is 13.7. The summed E-state index contributed by atoms with van der Waals surface area (Å²) in [6, 6.07) is 13.0. The third-order valence-corrected chi connectivity index (χ3v) is 4.55. The van der Waals surface area contributed by atoms with Crippen molar-refractivity contribution in [2.45, 2.75) is 39.0 Å². The molecule has 0 aliphatic rings. The zero-order chi connectivity index (χ0) is 19.5. The zero-order valence-electron chi connectivity index (χ0n) is 16.2. The molecule has 0 saturated carbocycles. The molecule has 0 spiro atoms. The highest BCUT2D eigenvalue weighted by Gasteiger charge is 2.09. The molecule has 0 bridgehead atoms. The van der Waals surface area contributed by atoms with E-state index in [0.29, 0.717) is 0 Å². The quantitative estimate of drug-likeness (QED) is 0.306. The van der Waals surface area contributed by atoms with E-state index in [2.05, 4.69) is 24.3 Å². The fourth-order valence-electron chi connectivity index (χ4n) is 2.50. The van der Waals surface area contributed by atoms with Crippen molar-refractivity contribution in [3.63, 3.8) is 0 Å². The van der Waals surface area contributed by atoms with Crippen LogP contribution in [-0.2, 0) is 4.79 Å². The number of carbonyl (C=O) groups excluding carboxylic acids is 1. The smallest absolute Gasteiger partial charge is 0.124 e. The predicted molar refractivity (Wildman–Crippen MR) is 114 cm³/mol. The molecule has 0 amide bonds. The Hall–Kier alpha value is -2.13. The second kappa shape index (κ2) is 11.5. The van der Waals surface area contributed by atoms with E-state index >= 15 is 0 Å². The van der Waals surface area contributed by atoms with Crippen molar-refractivity contribution in [1.29, 1.82) is 0 Å². The van der Waals surface area contributed by atoms with Crippen LogP contribution in [0.3, 0.4) is 0 Å². The van der Waals surface area contributed by atoms with Gasteiger partial charge < -0.3 is 4.79 Å². The minimum atomic E-state index is -0.295. The molecule has 26 heavy (non-hydrogen) atoms. The van der Waals surface area contributed by atoms with Crippen LogP contribution < -0.4 is 0 Å². The molecule has 1 nitrogen and oxygen atoms in total. The Morgan fingerprint density at radius 3 is 2.23 bits per heavy atom. The van der Waals surface area contributed by atoms with Crippen molar-refractivity contribution in [3.8, 4) is 0 Å². The Bertz CT molecular complexity index is 769. The van der Waals surface area contributed by atoms with Gasteiger partial charge in [0.25, 0.3) is 0 Å². The molecule has 0 fully saturated rings. The normalized spacial score (nSPS) is 10.2. The second-order valence-corrected chi connectivity index (χ2v) is 6.57. The monoisotopic (exact) mass is 370 g/mol. The van der Waals surface area contributed by atoms with Crippen LogP contribution in [0.5, 0.6) is 0 Å². The number of halogens is 1. The number of hydrogen-bond donors (Lipinski definition) is 0. The molecule has 0 atom stereocenters. The molecule has 0 N–H and O–H groups in total. The molecule has 0 aliphatic carbocycles. The van der Waals surface area contributed by atoms with E-state index < -0.39 is 0 Å². The molecule has 0 heterocycles. The van der Waals surface area contributed by atoms with Crippen LogP contribution in [0.1, 0.15) is 50.8 Å². The molecular weight excluding hydrogens is 343 g/mol. The lowest BCUT2D eigenvalue weighted by atomic mass is 9.93. The van der Waals surface area contributed by atoms with Crippen LogP contribution in [0, 0.1) is 5.82 Å². The minimum absolute atomic E-state index is 0.287. The van der Waals surface area contributed by atoms with Crippen molar-refractivity contribution in [2.24, 2.45) is 0 Å². The van der Waals surface area contributed by atoms with Gasteiger partial charge in [-0.1, -0.05) is 49.8 Å². The fourth-order valence-corrected chi connectivity index (χ4v) is 2.91. The summed E-state index contributed by atoms with van der Waals surface area (Å²) in [6.07, 6.45) is 7.17. The van der Waals surface area contributed by atoms with Gasteiger partial charge in [0.15, 0.2) is 0 Å². The van der Waals surface area contributed by atoms with Gasteiger partial charge in [-0.2, -0.15) is 0 Å². The lowest BCUT2D eigenvalue weighted by molar-refractivity contribution is -0.107. The maximum atomic E-state index is 13.7. The Balaban J connectivity index is 0.00000163. The third kappa shape index (κ3) is 6.30. The van der Waals surface area contributed by atoms with E-state index in [0.717, 1.165) is 34.1 Å². The Labute approximate surface area is 161 Å². The van der Waals surface area contributed by atoms with Crippen molar-refractivity contribution in [3.05, 3.63) is 70.5 Å². The van der Waals surface area contributed by atoms with Crippen LogP contribution in [-0.4, -0.2) is 12.5 Å². The average Bonchev–Trinajstić information content (AvgIpc) is 2.67. The Kier molecular flexibility index (Phi) is 9.67. The number of allylic oxidation sites excluding steroid dienone is 2. The first kappa shape index (κ1) is 21.9. The molecule has 2 aromatic carbocycles. The molecule has 0 aliphatic heterocycles. The maximum absolute atomic E-state index is 13.7. The van der Waals surface area contributed by atoms with E-state index in [9.17, 15) is 9.18 Å². The Morgan fingerprint density at radius 2 is 1.69 bits per heavy atom. The highest BCUT2D eigenvalue weighted by atomic mass is 32.2. The summed E-state index contributed by atoms with van der Waals surface area (Å²) in [6.45, 7) is 7.89. The number of hydrogen-bond acceptors (Lipinski definition) is 2. The van der Waals surface area contributed by atoms with Crippen molar-refractivity contribution >= 4 is 35.8 Å². The lowest BCUT2D eigenvalue weighted by Gasteiger charge is -2.11. The summed E-state index contributed by atoms with van der Waals surface area (Å²) in [4.78, 5) is 12.2. The van der Waals surface area contributed by atoms with Gasteiger partial charge in [0.05, 0.1) is 0 Å². The maximum Gasteiger partial charge on any atom is 0.124 e. The van der Waals surface area contributed by atoms with Crippen LogP contribution in [0.15, 0.2) is 52.9 Å². The summed E-state index contributed by atoms with van der Waals surface area (Å²) in [5, 5.41) is 0. The van der Waals surface area contributed by atoms with Gasteiger partial charge in [0.2, 0.25) is 0 Å².